The Labute approximate surface area is 79.1 Å². The fourth-order valence-electron chi connectivity index (χ4n) is 0.663. The first-order valence-electron chi connectivity index (χ1n) is 2.94. The summed E-state index contributed by atoms with van der Waals surface area (Å²) in [6.07, 6.45) is -0.870. The maximum atomic E-state index is 10.5. The zero-order valence-electron chi connectivity index (χ0n) is 5.50. The van der Waals surface area contributed by atoms with E-state index in [0.717, 1.165) is 0 Å². The Morgan fingerprint density at radius 1 is 1.55 bits per heavy atom. The summed E-state index contributed by atoms with van der Waals surface area (Å²) in [6, 6.07) is 0. The molecule has 1 N–H and O–H groups in total. The van der Waals surface area contributed by atoms with Crippen molar-refractivity contribution in [2.45, 2.75) is 12.2 Å². The summed E-state index contributed by atoms with van der Waals surface area (Å²) >= 11 is 4.37. The van der Waals surface area contributed by atoms with Crippen molar-refractivity contribution in [1.29, 1.82) is 0 Å². The summed E-state index contributed by atoms with van der Waals surface area (Å²) in [4.78, 5) is 0. The lowest BCUT2D eigenvalue weighted by Gasteiger charge is -2.22. The van der Waals surface area contributed by atoms with E-state index in [1.54, 1.807) is 21.6 Å². The van der Waals surface area contributed by atoms with E-state index >= 15 is 0 Å². The van der Waals surface area contributed by atoms with Crippen LogP contribution in [-0.2, 0) is 21.3 Å². The molecule has 0 spiro atoms. The molecule has 3 atom stereocenters. The summed E-state index contributed by atoms with van der Waals surface area (Å²) in [5.74, 6) is 1.28. The number of hydrogen-bond acceptors (Lipinski definition) is 6. The summed E-state index contributed by atoms with van der Waals surface area (Å²) < 4.78 is 15.3. The van der Waals surface area contributed by atoms with E-state index in [1.165, 1.54) is 0 Å². The van der Waals surface area contributed by atoms with Crippen molar-refractivity contribution >= 4 is 41.1 Å². The summed E-state index contributed by atoms with van der Waals surface area (Å²) in [7, 11) is 1.20. The third kappa shape index (κ3) is 3.53. The van der Waals surface area contributed by atoms with Gasteiger partial charge in [0.15, 0.2) is 0 Å². The van der Waals surface area contributed by atoms with Crippen molar-refractivity contribution in [3.63, 3.8) is 0 Å². The van der Waals surface area contributed by atoms with E-state index < -0.39 is 13.3 Å². The zero-order valence-corrected chi connectivity index (χ0v) is 8.85. The van der Waals surface area contributed by atoms with Gasteiger partial charge < -0.3 is 17.4 Å². The minimum atomic E-state index is -2.00. The molecule has 0 aromatic rings. The second-order valence-electron chi connectivity index (χ2n) is 2.00. The molecule has 64 valence electrons. The standard InChI is InChI=1S/C4H7O3PS3/c5-3-1-10-11-2-4(3)7-8(6)9/h3-5H,1-2H2/t3-,4+/m1/s1. The van der Waals surface area contributed by atoms with E-state index in [9.17, 15) is 9.67 Å². The molecule has 1 fully saturated rings. The quantitative estimate of drug-likeness (QED) is 0.439. The molecular formula is C4H7O3PS3. The molecule has 1 aliphatic heterocycles. The fraction of sp³-hybridized carbons (Fsp3) is 1.00. The second kappa shape index (κ2) is 4.94. The molecule has 1 unspecified atom stereocenters. The Morgan fingerprint density at radius 2 is 2.18 bits per heavy atom. The minimum Gasteiger partial charge on any atom is -0.408 e. The van der Waals surface area contributed by atoms with Gasteiger partial charge in [0.1, 0.15) is 6.10 Å². The molecule has 0 amide bonds. The van der Waals surface area contributed by atoms with Gasteiger partial charge in [-0.3, -0.25) is 0 Å². The largest absolute Gasteiger partial charge is 0.408 e. The topological polar surface area (TPSA) is 46.5 Å². The van der Waals surface area contributed by atoms with E-state index in [-0.39, 0.29) is 6.10 Å². The van der Waals surface area contributed by atoms with Gasteiger partial charge in [-0.1, -0.05) is 26.2 Å². The van der Waals surface area contributed by atoms with Gasteiger partial charge in [0.2, 0.25) is 0 Å². The van der Waals surface area contributed by atoms with Crippen LogP contribution in [0.1, 0.15) is 0 Å². The van der Waals surface area contributed by atoms with Crippen molar-refractivity contribution in [3.8, 4) is 0 Å². The molecule has 1 heterocycles. The molecular weight excluding hydrogens is 223 g/mol. The highest BCUT2D eigenvalue weighted by molar-refractivity contribution is 8.76. The molecule has 1 saturated heterocycles. The zero-order chi connectivity index (χ0) is 8.27. The summed E-state index contributed by atoms with van der Waals surface area (Å²) in [5, 5.41) is 9.28. The van der Waals surface area contributed by atoms with Gasteiger partial charge in [-0.05, 0) is 0 Å². The number of hydrogen-bond donors (Lipinski definition) is 1. The smallest absolute Gasteiger partial charge is 0.372 e. The van der Waals surface area contributed by atoms with E-state index in [0.29, 0.717) is 11.5 Å². The van der Waals surface area contributed by atoms with Crippen molar-refractivity contribution in [2.75, 3.05) is 11.5 Å². The van der Waals surface area contributed by atoms with Crippen LogP contribution in [0.25, 0.3) is 0 Å². The number of aliphatic hydroxyl groups excluding tert-OH is 1. The van der Waals surface area contributed by atoms with Crippen LogP contribution >= 0.6 is 28.8 Å². The molecule has 0 aromatic heterocycles. The lowest BCUT2D eigenvalue weighted by atomic mass is 10.3. The first kappa shape index (κ1) is 10.2. The normalized spacial score (nSPS) is 33.5. The van der Waals surface area contributed by atoms with Gasteiger partial charge in [0.05, 0.1) is 6.10 Å². The van der Waals surface area contributed by atoms with Crippen LogP contribution in [0.4, 0.5) is 0 Å². The maximum Gasteiger partial charge on any atom is 0.372 e. The summed E-state index contributed by atoms with van der Waals surface area (Å²) in [5.41, 5.74) is 0. The van der Waals surface area contributed by atoms with Crippen molar-refractivity contribution in [3.05, 3.63) is 0 Å². The van der Waals surface area contributed by atoms with Crippen molar-refractivity contribution < 1.29 is 14.2 Å². The Kier molecular flexibility index (Phi) is 4.56. The molecule has 1 rings (SSSR count). The molecule has 0 aliphatic carbocycles. The molecule has 0 aromatic carbocycles. The number of rotatable bonds is 2. The number of aliphatic hydroxyl groups is 1. The molecule has 0 bridgehead atoms. The Morgan fingerprint density at radius 3 is 2.73 bits per heavy atom. The molecule has 7 heteroatoms. The van der Waals surface area contributed by atoms with Crippen LogP contribution in [-0.4, -0.2) is 28.8 Å². The van der Waals surface area contributed by atoms with Crippen LogP contribution in [0.3, 0.4) is 0 Å². The SMILES string of the molecule is O=[P+]([S-])O[C@H]1CSSC[C@H]1O. The fourth-order valence-corrected chi connectivity index (χ4v) is 3.90. The van der Waals surface area contributed by atoms with Crippen molar-refractivity contribution in [1.82, 2.24) is 0 Å². The Balaban J connectivity index is 2.35. The highest BCUT2D eigenvalue weighted by atomic mass is 33.1. The first-order chi connectivity index (χ1) is 5.20. The minimum absolute atomic E-state index is 0.345. The van der Waals surface area contributed by atoms with Gasteiger partial charge in [-0.2, -0.15) is 4.52 Å². The van der Waals surface area contributed by atoms with Crippen LogP contribution in [0, 0.1) is 0 Å². The third-order valence-corrected chi connectivity index (χ3v) is 4.33. The monoisotopic (exact) mass is 230 g/mol. The lowest BCUT2D eigenvalue weighted by Crippen LogP contribution is -2.33. The highest BCUT2D eigenvalue weighted by Gasteiger charge is 2.28. The molecule has 0 saturated carbocycles. The third-order valence-electron chi connectivity index (χ3n) is 1.21. The van der Waals surface area contributed by atoms with E-state index in [1.807, 2.05) is 0 Å². The molecule has 3 nitrogen and oxygen atoms in total. The average molecular weight is 230 g/mol. The predicted molar refractivity (Wildman–Crippen MR) is 50.8 cm³/mol. The van der Waals surface area contributed by atoms with Crippen LogP contribution in [0.5, 0.6) is 0 Å². The average Bonchev–Trinajstić information content (AvgIpc) is 1.93. The molecule has 1 aliphatic rings. The maximum absolute atomic E-state index is 10.5. The van der Waals surface area contributed by atoms with Crippen LogP contribution in [0.2, 0.25) is 0 Å². The lowest BCUT2D eigenvalue weighted by molar-refractivity contribution is 0.0737. The predicted octanol–water partition coefficient (Wildman–Crippen LogP) is 1.33. The molecule has 11 heavy (non-hydrogen) atoms. The first-order valence-corrected chi connectivity index (χ1v) is 7.61. The van der Waals surface area contributed by atoms with Crippen LogP contribution in [0.15, 0.2) is 0 Å². The van der Waals surface area contributed by atoms with Crippen LogP contribution < -0.4 is 0 Å². The second-order valence-corrected chi connectivity index (χ2v) is 6.11. The van der Waals surface area contributed by atoms with Gasteiger partial charge in [-0.15, -0.1) is 0 Å². The van der Waals surface area contributed by atoms with Gasteiger partial charge in [0.25, 0.3) is 0 Å². The Bertz CT molecular complexity index is 156. The van der Waals surface area contributed by atoms with Gasteiger partial charge >= 0.3 is 7.23 Å². The van der Waals surface area contributed by atoms with E-state index in [4.69, 9.17) is 4.52 Å². The van der Waals surface area contributed by atoms with E-state index in [2.05, 4.69) is 12.2 Å². The molecule has 0 radical (unpaired) electrons. The van der Waals surface area contributed by atoms with Gasteiger partial charge in [-0.25, -0.2) is 0 Å². The highest BCUT2D eigenvalue weighted by Crippen LogP contribution is 2.34. The van der Waals surface area contributed by atoms with Crippen molar-refractivity contribution in [2.24, 2.45) is 0 Å². The van der Waals surface area contributed by atoms with Gasteiger partial charge in [0, 0.05) is 11.5 Å². The Hall–Kier alpha value is 1.07. The summed E-state index contributed by atoms with van der Waals surface area (Å²) in [6.45, 7) is 0.